The maximum absolute atomic E-state index is 13.7. The molecule has 2 aromatic carbocycles. The number of hydrogen-bond acceptors (Lipinski definition) is 5. The second-order valence-corrected chi connectivity index (χ2v) is 10.5. The molecule has 2 saturated heterocycles. The molecule has 5 nitrogen and oxygen atoms in total. The molecule has 2 fully saturated rings. The molecule has 0 aromatic heterocycles. The number of aliphatic hydroxyl groups excluding tert-OH is 1. The average Bonchev–Trinajstić information content (AvgIpc) is 3.45. The highest BCUT2D eigenvalue weighted by Gasteiger charge is 2.48. The first-order chi connectivity index (χ1) is 18.7. The van der Waals surface area contributed by atoms with Crippen molar-refractivity contribution >= 4 is 5.78 Å². The van der Waals surface area contributed by atoms with E-state index in [9.17, 15) is 40.6 Å². The van der Waals surface area contributed by atoms with Crippen LogP contribution in [0.25, 0.3) is 0 Å². The van der Waals surface area contributed by atoms with E-state index in [1.54, 1.807) is 0 Å². The van der Waals surface area contributed by atoms with Crippen LogP contribution in [0.5, 0.6) is 0 Å². The summed E-state index contributed by atoms with van der Waals surface area (Å²) >= 11 is 0. The second-order valence-electron chi connectivity index (χ2n) is 10.5. The maximum atomic E-state index is 13.7. The Morgan fingerprint density at radius 1 is 1.00 bits per heavy atom. The zero-order valence-electron chi connectivity index (χ0n) is 21.2. The van der Waals surface area contributed by atoms with Gasteiger partial charge in [-0.2, -0.15) is 26.3 Å². The van der Waals surface area contributed by atoms with Crippen LogP contribution in [-0.2, 0) is 26.6 Å². The van der Waals surface area contributed by atoms with Gasteiger partial charge in [-0.3, -0.25) is 4.79 Å². The van der Waals surface area contributed by atoms with Crippen molar-refractivity contribution < 1.29 is 50.1 Å². The standard InChI is InChI=1S/C28H26F7NO4/c1-14(16-6-18(27(30,31)32)8-19(7-16)28(33,34)35)40-26-25(15-2-4-20(29)5-3-15)22-12-36(11-17(22)13-39-26)23-9-21(37)10-24(23)38/h2-9,14,17,22,24-26,38H,10-13H2,1H3/t14-,17+,22-,24?,25+,26-/m1/s1. The maximum Gasteiger partial charge on any atom is 0.416 e. The topological polar surface area (TPSA) is 59.0 Å². The van der Waals surface area contributed by atoms with Crippen LogP contribution >= 0.6 is 0 Å². The Bertz CT molecular complexity index is 1260. The number of carbonyl (C=O) groups is 1. The first-order valence-electron chi connectivity index (χ1n) is 12.7. The number of likely N-dealkylation sites (tertiary alicyclic amines) is 1. The molecule has 6 atom stereocenters. The molecule has 12 heteroatoms. The number of fused-ring (bicyclic) bond motifs is 1. The molecule has 1 N–H and O–H groups in total. The van der Waals surface area contributed by atoms with Gasteiger partial charge in [0.2, 0.25) is 0 Å². The predicted octanol–water partition coefficient (Wildman–Crippen LogP) is 5.85. The van der Waals surface area contributed by atoms with E-state index >= 15 is 0 Å². The van der Waals surface area contributed by atoms with Crippen LogP contribution < -0.4 is 0 Å². The minimum absolute atomic E-state index is 0.0147. The molecule has 2 heterocycles. The van der Waals surface area contributed by atoms with Gasteiger partial charge in [0.1, 0.15) is 11.9 Å². The van der Waals surface area contributed by atoms with E-state index in [0.29, 0.717) is 36.5 Å². The van der Waals surface area contributed by atoms with Crippen LogP contribution in [-0.4, -0.2) is 47.9 Å². The molecular weight excluding hydrogens is 547 g/mol. The zero-order valence-corrected chi connectivity index (χ0v) is 21.2. The Morgan fingerprint density at radius 3 is 2.17 bits per heavy atom. The lowest BCUT2D eigenvalue weighted by molar-refractivity contribution is -0.217. The lowest BCUT2D eigenvalue weighted by Crippen LogP contribution is -2.42. The minimum Gasteiger partial charge on any atom is -0.386 e. The molecule has 3 aliphatic rings. The van der Waals surface area contributed by atoms with Crippen LogP contribution in [0.1, 0.15) is 47.6 Å². The molecule has 0 amide bonds. The third kappa shape index (κ3) is 5.75. The molecule has 2 aromatic rings. The summed E-state index contributed by atoms with van der Waals surface area (Å²) in [5.74, 6) is -1.52. The molecule has 1 aliphatic carbocycles. The van der Waals surface area contributed by atoms with Crippen molar-refractivity contribution in [1.29, 1.82) is 0 Å². The highest BCUT2D eigenvalue weighted by Crippen LogP contribution is 2.46. The molecule has 0 spiro atoms. The minimum atomic E-state index is -5.00. The van der Waals surface area contributed by atoms with E-state index in [4.69, 9.17) is 9.47 Å². The summed E-state index contributed by atoms with van der Waals surface area (Å²) in [5, 5.41) is 10.3. The van der Waals surface area contributed by atoms with Crippen molar-refractivity contribution in [3.63, 3.8) is 0 Å². The first kappa shape index (κ1) is 28.6. The number of rotatable bonds is 5. The number of nitrogens with zero attached hydrogens (tertiary/aromatic N) is 1. The van der Waals surface area contributed by atoms with E-state index in [0.717, 1.165) is 0 Å². The molecule has 2 aliphatic heterocycles. The molecular formula is C28H26F7NO4. The van der Waals surface area contributed by atoms with E-state index in [1.165, 1.54) is 37.3 Å². The van der Waals surface area contributed by atoms with Gasteiger partial charge in [0.25, 0.3) is 0 Å². The van der Waals surface area contributed by atoms with Gasteiger partial charge < -0.3 is 19.5 Å². The Kier molecular flexibility index (Phi) is 7.47. The number of carbonyl (C=O) groups excluding carboxylic acids is 1. The summed E-state index contributed by atoms with van der Waals surface area (Å²) in [5.41, 5.74) is -2.11. The molecule has 0 radical (unpaired) electrons. The summed E-state index contributed by atoms with van der Waals surface area (Å²) in [6.45, 7) is 2.37. The van der Waals surface area contributed by atoms with Gasteiger partial charge in [-0.25, -0.2) is 4.39 Å². The lowest BCUT2D eigenvalue weighted by atomic mass is 9.77. The van der Waals surface area contributed by atoms with Gasteiger partial charge in [-0.15, -0.1) is 0 Å². The third-order valence-corrected chi connectivity index (χ3v) is 7.80. The number of alkyl halides is 6. The predicted molar refractivity (Wildman–Crippen MR) is 127 cm³/mol. The van der Waals surface area contributed by atoms with Gasteiger partial charge in [0.05, 0.1) is 23.8 Å². The third-order valence-electron chi connectivity index (χ3n) is 7.80. The lowest BCUT2D eigenvalue weighted by Gasteiger charge is -2.40. The number of benzene rings is 2. The molecule has 216 valence electrons. The molecule has 1 unspecified atom stereocenters. The molecule has 40 heavy (non-hydrogen) atoms. The van der Waals surface area contributed by atoms with Crippen LogP contribution in [0.2, 0.25) is 0 Å². The Balaban J connectivity index is 1.45. The van der Waals surface area contributed by atoms with Crippen LogP contribution in [0, 0.1) is 17.7 Å². The van der Waals surface area contributed by atoms with Crippen LogP contribution in [0.3, 0.4) is 0 Å². The van der Waals surface area contributed by atoms with Crippen molar-refractivity contribution in [1.82, 2.24) is 4.90 Å². The van der Waals surface area contributed by atoms with Crippen molar-refractivity contribution in [3.05, 3.63) is 82.3 Å². The number of halogens is 7. The summed E-state index contributed by atoms with van der Waals surface area (Å²) in [6.07, 6.45) is -11.9. The van der Waals surface area contributed by atoms with Crippen LogP contribution in [0.4, 0.5) is 30.7 Å². The van der Waals surface area contributed by atoms with Gasteiger partial charge in [-0.1, -0.05) is 12.1 Å². The number of ether oxygens (including phenoxy) is 2. The first-order valence-corrected chi connectivity index (χ1v) is 12.7. The van der Waals surface area contributed by atoms with E-state index in [-0.39, 0.29) is 42.3 Å². The van der Waals surface area contributed by atoms with Gasteiger partial charge in [0.15, 0.2) is 12.1 Å². The van der Waals surface area contributed by atoms with Gasteiger partial charge in [0, 0.05) is 43.1 Å². The fourth-order valence-electron chi connectivity index (χ4n) is 5.84. The highest BCUT2D eigenvalue weighted by molar-refractivity contribution is 5.93. The number of ketones is 1. The number of hydrogen-bond donors (Lipinski definition) is 1. The SMILES string of the molecule is C[C@@H](O[C@H]1OC[C@@H]2CN(C3=CC(=O)CC3O)C[C@H]2[C@@H]1c1ccc(F)cc1)c1cc(C(F)(F)F)cc(C(F)(F)F)c1. The largest absolute Gasteiger partial charge is 0.416 e. The fraction of sp³-hybridized carbons (Fsp3) is 0.464. The smallest absolute Gasteiger partial charge is 0.386 e. The van der Waals surface area contributed by atoms with Gasteiger partial charge in [-0.05, 0) is 54.3 Å². The highest BCUT2D eigenvalue weighted by atomic mass is 19.4. The normalized spacial score (nSPS) is 28.0. The second kappa shape index (κ2) is 10.5. The monoisotopic (exact) mass is 573 g/mol. The molecule has 0 saturated carbocycles. The van der Waals surface area contributed by atoms with Crippen molar-refractivity contribution in [2.75, 3.05) is 19.7 Å². The summed E-state index contributed by atoms with van der Waals surface area (Å²) in [4.78, 5) is 13.7. The molecule has 5 rings (SSSR count). The van der Waals surface area contributed by atoms with Crippen molar-refractivity contribution in [2.24, 2.45) is 11.8 Å². The quantitative estimate of drug-likeness (QED) is 0.456. The van der Waals surface area contributed by atoms with Crippen molar-refractivity contribution in [2.45, 2.75) is 50.1 Å². The fourth-order valence-corrected chi connectivity index (χ4v) is 5.84. The number of aliphatic hydroxyl groups is 1. The van der Waals surface area contributed by atoms with E-state index < -0.39 is 53.7 Å². The Labute approximate surface area is 225 Å². The van der Waals surface area contributed by atoms with E-state index in [2.05, 4.69) is 0 Å². The number of allylic oxidation sites excluding steroid dienone is 1. The zero-order chi connectivity index (χ0) is 29.0. The summed E-state index contributed by atoms with van der Waals surface area (Å²) in [6, 6.07) is 6.88. The average molecular weight is 574 g/mol. The van der Waals surface area contributed by atoms with Crippen molar-refractivity contribution in [3.8, 4) is 0 Å². The van der Waals surface area contributed by atoms with E-state index in [1.807, 2.05) is 4.90 Å². The summed E-state index contributed by atoms with van der Waals surface area (Å²) in [7, 11) is 0. The Morgan fingerprint density at radius 2 is 1.62 bits per heavy atom. The molecule has 0 bridgehead atoms. The van der Waals surface area contributed by atoms with Gasteiger partial charge >= 0.3 is 12.4 Å². The van der Waals surface area contributed by atoms with Crippen LogP contribution in [0.15, 0.2) is 54.2 Å². The Hall–Kier alpha value is -2.96. The summed E-state index contributed by atoms with van der Waals surface area (Å²) < 4.78 is 106.